The summed E-state index contributed by atoms with van der Waals surface area (Å²) in [7, 11) is 0. The van der Waals surface area contributed by atoms with Crippen LogP contribution in [0.2, 0.25) is 5.02 Å². The minimum atomic E-state index is 0.435. The zero-order valence-corrected chi connectivity index (χ0v) is 10.6. The summed E-state index contributed by atoms with van der Waals surface area (Å²) in [6.45, 7) is 4.99. The lowest BCUT2D eigenvalue weighted by molar-refractivity contribution is 0.585. The van der Waals surface area contributed by atoms with Crippen LogP contribution in [0.25, 0.3) is 5.82 Å². The van der Waals surface area contributed by atoms with Crippen LogP contribution in [0.3, 0.4) is 0 Å². The van der Waals surface area contributed by atoms with Gasteiger partial charge in [-0.15, -0.1) is 0 Å². The van der Waals surface area contributed by atoms with E-state index in [4.69, 9.17) is 11.6 Å². The van der Waals surface area contributed by atoms with Crippen LogP contribution >= 0.6 is 11.6 Å². The fourth-order valence-electron chi connectivity index (χ4n) is 1.51. The SMILES string of the molecule is CC(C)NCc1cccnc1-n1cc(Cl)cn1. The maximum Gasteiger partial charge on any atom is 0.157 e. The molecule has 2 rings (SSSR count). The Morgan fingerprint density at radius 2 is 2.29 bits per heavy atom. The molecule has 0 aliphatic heterocycles. The Balaban J connectivity index is 2.27. The summed E-state index contributed by atoms with van der Waals surface area (Å²) < 4.78 is 1.69. The van der Waals surface area contributed by atoms with E-state index in [1.54, 1.807) is 23.3 Å². The van der Waals surface area contributed by atoms with E-state index < -0.39 is 0 Å². The minimum absolute atomic E-state index is 0.435. The quantitative estimate of drug-likeness (QED) is 0.906. The molecular formula is C12H15ClN4. The van der Waals surface area contributed by atoms with Crippen molar-refractivity contribution < 1.29 is 0 Å². The zero-order valence-electron chi connectivity index (χ0n) is 9.89. The number of nitrogens with one attached hydrogen (secondary N) is 1. The van der Waals surface area contributed by atoms with E-state index in [2.05, 4.69) is 29.2 Å². The van der Waals surface area contributed by atoms with Gasteiger partial charge in [0, 0.05) is 24.3 Å². The molecule has 4 nitrogen and oxygen atoms in total. The van der Waals surface area contributed by atoms with E-state index in [9.17, 15) is 0 Å². The van der Waals surface area contributed by atoms with Gasteiger partial charge in [0.2, 0.25) is 0 Å². The monoisotopic (exact) mass is 250 g/mol. The van der Waals surface area contributed by atoms with E-state index >= 15 is 0 Å². The first kappa shape index (κ1) is 12.1. The van der Waals surface area contributed by atoms with Crippen molar-refractivity contribution in [3.05, 3.63) is 41.3 Å². The molecule has 0 aliphatic carbocycles. The summed E-state index contributed by atoms with van der Waals surface area (Å²) in [4.78, 5) is 4.34. The zero-order chi connectivity index (χ0) is 12.3. The van der Waals surface area contributed by atoms with Gasteiger partial charge in [0.15, 0.2) is 5.82 Å². The summed E-state index contributed by atoms with van der Waals surface area (Å²) in [5.74, 6) is 0.813. The Morgan fingerprint density at radius 1 is 1.47 bits per heavy atom. The normalized spacial score (nSPS) is 11.1. The van der Waals surface area contributed by atoms with E-state index in [0.717, 1.165) is 17.9 Å². The van der Waals surface area contributed by atoms with Crippen LogP contribution in [0.5, 0.6) is 0 Å². The van der Waals surface area contributed by atoms with Crippen molar-refractivity contribution >= 4 is 11.6 Å². The smallest absolute Gasteiger partial charge is 0.157 e. The van der Waals surface area contributed by atoms with Gasteiger partial charge in [-0.05, 0) is 6.07 Å². The van der Waals surface area contributed by atoms with E-state index in [0.29, 0.717) is 11.1 Å². The highest BCUT2D eigenvalue weighted by Crippen LogP contribution is 2.13. The van der Waals surface area contributed by atoms with Gasteiger partial charge >= 0.3 is 0 Å². The van der Waals surface area contributed by atoms with E-state index in [1.165, 1.54) is 0 Å². The van der Waals surface area contributed by atoms with Gasteiger partial charge < -0.3 is 5.32 Å². The fraction of sp³-hybridized carbons (Fsp3) is 0.333. The van der Waals surface area contributed by atoms with E-state index in [-0.39, 0.29) is 0 Å². The standard InChI is InChI=1S/C12H15ClN4/c1-9(2)15-6-10-4-3-5-14-12(10)17-8-11(13)7-16-17/h3-5,7-9,15H,6H2,1-2H3. The molecule has 2 heterocycles. The molecule has 0 spiro atoms. The number of pyridine rings is 1. The number of hydrogen-bond donors (Lipinski definition) is 1. The first-order valence-corrected chi connectivity index (χ1v) is 5.92. The first-order valence-electron chi connectivity index (χ1n) is 5.54. The predicted octanol–water partition coefficient (Wildman–Crippen LogP) is 2.42. The molecule has 0 fully saturated rings. The van der Waals surface area contributed by atoms with Crippen molar-refractivity contribution in [2.45, 2.75) is 26.4 Å². The van der Waals surface area contributed by atoms with Crippen LogP contribution in [-0.4, -0.2) is 20.8 Å². The molecule has 0 aromatic carbocycles. The van der Waals surface area contributed by atoms with Gasteiger partial charge in [-0.3, -0.25) is 0 Å². The van der Waals surface area contributed by atoms with Gasteiger partial charge in [-0.1, -0.05) is 31.5 Å². The molecule has 0 saturated carbocycles. The second-order valence-corrected chi connectivity index (χ2v) is 4.56. The average molecular weight is 251 g/mol. The molecule has 0 aliphatic rings. The van der Waals surface area contributed by atoms with Crippen molar-refractivity contribution in [3.8, 4) is 5.82 Å². The summed E-state index contributed by atoms with van der Waals surface area (Å²) in [6, 6.07) is 4.39. The minimum Gasteiger partial charge on any atom is -0.310 e. The topological polar surface area (TPSA) is 42.7 Å². The molecule has 0 saturated heterocycles. The second kappa shape index (κ2) is 5.29. The third-order valence-corrected chi connectivity index (χ3v) is 2.53. The van der Waals surface area contributed by atoms with Gasteiger partial charge in [-0.25, -0.2) is 9.67 Å². The number of aromatic nitrogens is 3. The number of rotatable bonds is 4. The first-order chi connectivity index (χ1) is 8.16. The number of hydrogen-bond acceptors (Lipinski definition) is 3. The maximum atomic E-state index is 5.86. The van der Waals surface area contributed by atoms with Gasteiger partial charge in [-0.2, -0.15) is 5.10 Å². The largest absolute Gasteiger partial charge is 0.310 e. The highest BCUT2D eigenvalue weighted by atomic mass is 35.5. The molecule has 2 aromatic heterocycles. The molecule has 0 atom stereocenters. The summed E-state index contributed by atoms with van der Waals surface area (Å²) in [5, 5.41) is 8.14. The van der Waals surface area contributed by atoms with Crippen LogP contribution in [0.1, 0.15) is 19.4 Å². The van der Waals surface area contributed by atoms with Crippen LogP contribution in [0, 0.1) is 0 Å². The fourth-order valence-corrected chi connectivity index (χ4v) is 1.64. The molecule has 0 radical (unpaired) electrons. The average Bonchev–Trinajstić information content (AvgIpc) is 2.73. The van der Waals surface area contributed by atoms with Crippen LogP contribution in [-0.2, 0) is 6.54 Å². The van der Waals surface area contributed by atoms with Crippen molar-refractivity contribution in [2.75, 3.05) is 0 Å². The van der Waals surface area contributed by atoms with Crippen molar-refractivity contribution in [1.29, 1.82) is 0 Å². The second-order valence-electron chi connectivity index (χ2n) is 4.12. The molecule has 0 amide bonds. The van der Waals surface area contributed by atoms with Crippen molar-refractivity contribution in [3.63, 3.8) is 0 Å². The Kier molecular flexibility index (Phi) is 3.76. The van der Waals surface area contributed by atoms with Crippen molar-refractivity contribution in [2.24, 2.45) is 0 Å². The molecule has 5 heteroatoms. The maximum absolute atomic E-state index is 5.86. The van der Waals surface area contributed by atoms with Crippen LogP contribution in [0.15, 0.2) is 30.7 Å². The molecule has 0 bridgehead atoms. The Bertz CT molecular complexity index is 493. The van der Waals surface area contributed by atoms with Gasteiger partial charge in [0.1, 0.15) is 0 Å². The lowest BCUT2D eigenvalue weighted by Gasteiger charge is -2.11. The Hall–Kier alpha value is -1.39. The highest BCUT2D eigenvalue weighted by Gasteiger charge is 2.07. The third kappa shape index (κ3) is 3.05. The molecule has 17 heavy (non-hydrogen) atoms. The molecule has 1 N–H and O–H groups in total. The predicted molar refractivity (Wildman–Crippen MR) is 68.3 cm³/mol. The lowest BCUT2D eigenvalue weighted by Crippen LogP contribution is -2.23. The summed E-state index contributed by atoms with van der Waals surface area (Å²) >= 11 is 5.86. The van der Waals surface area contributed by atoms with Crippen molar-refractivity contribution in [1.82, 2.24) is 20.1 Å². The van der Waals surface area contributed by atoms with Crippen LogP contribution in [0.4, 0.5) is 0 Å². The number of nitrogens with zero attached hydrogens (tertiary/aromatic N) is 3. The summed E-state index contributed by atoms with van der Waals surface area (Å²) in [5.41, 5.74) is 1.10. The number of halogens is 1. The Labute approximate surface area is 106 Å². The lowest BCUT2D eigenvalue weighted by atomic mass is 10.2. The molecule has 90 valence electrons. The molecule has 2 aromatic rings. The van der Waals surface area contributed by atoms with E-state index in [1.807, 2.05) is 12.1 Å². The third-order valence-electron chi connectivity index (χ3n) is 2.34. The van der Waals surface area contributed by atoms with Gasteiger partial charge in [0.25, 0.3) is 0 Å². The Morgan fingerprint density at radius 3 is 2.94 bits per heavy atom. The van der Waals surface area contributed by atoms with Gasteiger partial charge in [0.05, 0.1) is 17.4 Å². The molecular weight excluding hydrogens is 236 g/mol. The highest BCUT2D eigenvalue weighted by molar-refractivity contribution is 6.30. The molecule has 0 unspecified atom stereocenters. The van der Waals surface area contributed by atoms with Crippen LogP contribution < -0.4 is 5.32 Å². The summed E-state index contributed by atoms with van der Waals surface area (Å²) in [6.07, 6.45) is 5.11.